The number of fused-ring (bicyclic) bond motifs is 1. The molecule has 0 saturated carbocycles. The number of para-hydroxylation sites is 1. The Kier molecular flexibility index (Phi) is 7.22. The maximum atomic E-state index is 12.3. The standard InChI is InChI=1S/C26H33N3O3/c1-18-15-29(16-19(2)32-18)17-21-9-7-20(8-10-21)14-27-25(30)12-11-23-13-22-5-3-4-6-24(22)28-26(23)31/h3-10,18-19,23H,11-17H2,1-2H3,(H,27,30)(H,28,31)/t18-,19+,23-/m1/s1. The van der Waals surface area contributed by atoms with E-state index in [1.165, 1.54) is 5.56 Å². The summed E-state index contributed by atoms with van der Waals surface area (Å²) in [4.78, 5) is 27.1. The third kappa shape index (κ3) is 5.96. The van der Waals surface area contributed by atoms with Crippen LogP contribution in [0, 0.1) is 5.92 Å². The van der Waals surface area contributed by atoms with Crippen LogP contribution in [0.3, 0.4) is 0 Å². The number of morpholine rings is 1. The maximum Gasteiger partial charge on any atom is 0.227 e. The average molecular weight is 436 g/mol. The first-order chi connectivity index (χ1) is 15.5. The Balaban J connectivity index is 1.20. The molecule has 0 spiro atoms. The molecule has 6 nitrogen and oxygen atoms in total. The van der Waals surface area contributed by atoms with Crippen LogP contribution in [-0.2, 0) is 33.8 Å². The van der Waals surface area contributed by atoms with Gasteiger partial charge in [-0.15, -0.1) is 0 Å². The number of nitrogens with one attached hydrogen (secondary N) is 2. The molecule has 2 aromatic carbocycles. The smallest absolute Gasteiger partial charge is 0.227 e. The highest BCUT2D eigenvalue weighted by Crippen LogP contribution is 2.27. The zero-order valence-electron chi connectivity index (χ0n) is 19.0. The lowest BCUT2D eigenvalue weighted by Gasteiger charge is -2.35. The minimum absolute atomic E-state index is 0.0103. The van der Waals surface area contributed by atoms with Crippen LogP contribution in [0.1, 0.15) is 43.4 Å². The van der Waals surface area contributed by atoms with Gasteiger partial charge in [-0.3, -0.25) is 14.5 Å². The highest BCUT2D eigenvalue weighted by Gasteiger charge is 2.26. The number of carbonyl (C=O) groups is 2. The van der Waals surface area contributed by atoms with E-state index in [-0.39, 0.29) is 29.9 Å². The molecule has 2 aliphatic heterocycles. The lowest BCUT2D eigenvalue weighted by Crippen LogP contribution is -2.44. The lowest BCUT2D eigenvalue weighted by atomic mass is 9.89. The van der Waals surface area contributed by atoms with E-state index in [0.717, 1.165) is 36.4 Å². The second kappa shape index (κ2) is 10.3. The Morgan fingerprint density at radius 3 is 2.50 bits per heavy atom. The number of ether oxygens (including phenoxy) is 1. The summed E-state index contributed by atoms with van der Waals surface area (Å²) in [6.07, 6.45) is 2.13. The van der Waals surface area contributed by atoms with Crippen molar-refractivity contribution < 1.29 is 14.3 Å². The van der Waals surface area contributed by atoms with Gasteiger partial charge in [-0.2, -0.15) is 0 Å². The first-order valence-electron chi connectivity index (χ1n) is 11.6. The van der Waals surface area contributed by atoms with Crippen LogP contribution in [0.4, 0.5) is 5.69 Å². The van der Waals surface area contributed by atoms with Gasteiger partial charge in [0.05, 0.1) is 12.2 Å². The summed E-state index contributed by atoms with van der Waals surface area (Å²) in [6.45, 7) is 7.56. The van der Waals surface area contributed by atoms with Gasteiger partial charge in [-0.05, 0) is 49.4 Å². The predicted octanol–water partition coefficient (Wildman–Crippen LogP) is 3.50. The van der Waals surface area contributed by atoms with Gasteiger partial charge in [0.15, 0.2) is 0 Å². The molecular formula is C26H33N3O3. The Hall–Kier alpha value is -2.70. The fraction of sp³-hybridized carbons (Fsp3) is 0.462. The van der Waals surface area contributed by atoms with Crippen molar-refractivity contribution >= 4 is 17.5 Å². The van der Waals surface area contributed by atoms with Gasteiger partial charge in [-0.1, -0.05) is 42.5 Å². The summed E-state index contributed by atoms with van der Waals surface area (Å²) in [6, 6.07) is 16.3. The van der Waals surface area contributed by atoms with Gasteiger partial charge in [0, 0.05) is 44.2 Å². The first-order valence-corrected chi connectivity index (χ1v) is 11.6. The normalized spacial score (nSPS) is 23.3. The molecule has 0 aliphatic carbocycles. The summed E-state index contributed by atoms with van der Waals surface area (Å²) in [5, 5.41) is 5.94. The fourth-order valence-corrected chi connectivity index (χ4v) is 4.67. The number of hydrogen-bond donors (Lipinski definition) is 2. The molecule has 1 fully saturated rings. The van der Waals surface area contributed by atoms with E-state index in [2.05, 4.69) is 53.6 Å². The molecule has 170 valence electrons. The van der Waals surface area contributed by atoms with Crippen LogP contribution >= 0.6 is 0 Å². The summed E-state index contributed by atoms with van der Waals surface area (Å²) >= 11 is 0. The van der Waals surface area contributed by atoms with Crippen LogP contribution in [0.25, 0.3) is 0 Å². The van der Waals surface area contributed by atoms with Crippen molar-refractivity contribution in [3.63, 3.8) is 0 Å². The zero-order valence-corrected chi connectivity index (χ0v) is 19.0. The van der Waals surface area contributed by atoms with Crippen molar-refractivity contribution in [2.75, 3.05) is 18.4 Å². The number of nitrogens with zero attached hydrogens (tertiary/aromatic N) is 1. The van der Waals surface area contributed by atoms with E-state index in [0.29, 0.717) is 25.8 Å². The topological polar surface area (TPSA) is 70.7 Å². The van der Waals surface area contributed by atoms with Crippen LogP contribution < -0.4 is 10.6 Å². The van der Waals surface area contributed by atoms with E-state index in [9.17, 15) is 9.59 Å². The molecule has 2 amide bonds. The van der Waals surface area contributed by atoms with E-state index >= 15 is 0 Å². The number of hydrogen-bond acceptors (Lipinski definition) is 4. The average Bonchev–Trinajstić information content (AvgIpc) is 2.76. The molecule has 0 bridgehead atoms. The highest BCUT2D eigenvalue weighted by molar-refractivity contribution is 5.96. The molecule has 1 saturated heterocycles. The molecule has 4 rings (SSSR count). The summed E-state index contributed by atoms with van der Waals surface area (Å²) in [5.41, 5.74) is 4.37. The molecule has 32 heavy (non-hydrogen) atoms. The van der Waals surface area contributed by atoms with Crippen LogP contribution in [-0.4, -0.2) is 42.0 Å². The van der Waals surface area contributed by atoms with Gasteiger partial charge >= 0.3 is 0 Å². The van der Waals surface area contributed by atoms with Crippen LogP contribution in [0.15, 0.2) is 48.5 Å². The Morgan fingerprint density at radius 2 is 1.75 bits per heavy atom. The molecular weight excluding hydrogens is 402 g/mol. The second-order valence-corrected chi connectivity index (χ2v) is 9.13. The van der Waals surface area contributed by atoms with E-state index in [1.54, 1.807) is 0 Å². The molecule has 0 aromatic heterocycles. The first kappa shape index (κ1) is 22.5. The molecule has 2 N–H and O–H groups in total. The Bertz CT molecular complexity index is 934. The molecule has 2 aliphatic rings. The predicted molar refractivity (Wildman–Crippen MR) is 125 cm³/mol. The van der Waals surface area contributed by atoms with E-state index < -0.39 is 0 Å². The van der Waals surface area contributed by atoms with Gasteiger partial charge in [0.25, 0.3) is 0 Å². The summed E-state index contributed by atoms with van der Waals surface area (Å²) in [5.74, 6) is -0.159. The minimum atomic E-state index is -0.152. The van der Waals surface area contributed by atoms with Gasteiger partial charge < -0.3 is 15.4 Å². The van der Waals surface area contributed by atoms with E-state index in [1.807, 2.05) is 24.3 Å². The number of carbonyl (C=O) groups excluding carboxylic acids is 2. The minimum Gasteiger partial charge on any atom is -0.373 e. The summed E-state index contributed by atoms with van der Waals surface area (Å²) < 4.78 is 5.80. The fourth-order valence-electron chi connectivity index (χ4n) is 4.67. The Labute approximate surface area is 190 Å². The number of rotatable bonds is 7. The van der Waals surface area contributed by atoms with Gasteiger partial charge in [-0.25, -0.2) is 0 Å². The van der Waals surface area contributed by atoms with Gasteiger partial charge in [0.1, 0.15) is 0 Å². The zero-order chi connectivity index (χ0) is 22.5. The number of amides is 2. The number of anilines is 1. The van der Waals surface area contributed by atoms with Crippen LogP contribution in [0.5, 0.6) is 0 Å². The molecule has 2 heterocycles. The van der Waals surface area contributed by atoms with Crippen molar-refractivity contribution in [3.8, 4) is 0 Å². The molecule has 6 heteroatoms. The monoisotopic (exact) mass is 435 g/mol. The van der Waals surface area contributed by atoms with Gasteiger partial charge in [0.2, 0.25) is 11.8 Å². The van der Waals surface area contributed by atoms with Crippen LogP contribution in [0.2, 0.25) is 0 Å². The molecule has 0 unspecified atom stereocenters. The highest BCUT2D eigenvalue weighted by atomic mass is 16.5. The maximum absolute atomic E-state index is 12.3. The Morgan fingerprint density at radius 1 is 1.06 bits per heavy atom. The third-order valence-electron chi connectivity index (χ3n) is 6.25. The molecule has 3 atom stereocenters. The van der Waals surface area contributed by atoms with Crippen molar-refractivity contribution in [2.24, 2.45) is 5.92 Å². The lowest BCUT2D eigenvalue weighted by molar-refractivity contribution is -0.123. The number of benzene rings is 2. The van der Waals surface area contributed by atoms with E-state index in [4.69, 9.17) is 4.74 Å². The SMILES string of the molecule is C[C@@H]1CN(Cc2ccc(CNC(=O)CC[C@@H]3Cc4ccccc4NC3=O)cc2)C[C@H](C)O1. The van der Waals surface area contributed by atoms with Crippen molar-refractivity contribution in [1.82, 2.24) is 10.2 Å². The largest absolute Gasteiger partial charge is 0.373 e. The van der Waals surface area contributed by atoms with Crippen molar-refractivity contribution in [1.29, 1.82) is 0 Å². The third-order valence-corrected chi connectivity index (χ3v) is 6.25. The molecule has 2 aromatic rings. The molecule has 0 radical (unpaired) electrons. The second-order valence-electron chi connectivity index (χ2n) is 9.13. The van der Waals surface area contributed by atoms with Crippen molar-refractivity contribution in [2.45, 2.75) is 58.4 Å². The van der Waals surface area contributed by atoms with Crippen molar-refractivity contribution in [3.05, 3.63) is 65.2 Å². The summed E-state index contributed by atoms with van der Waals surface area (Å²) in [7, 11) is 0. The quantitative estimate of drug-likeness (QED) is 0.698.